The number of hydrogen-bond acceptors (Lipinski definition) is 12. The van der Waals surface area contributed by atoms with Gasteiger partial charge in [0.15, 0.2) is 6.10 Å². The third kappa shape index (κ3) is 15.3. The number of piperidine rings is 1. The van der Waals surface area contributed by atoms with E-state index in [9.17, 15) is 24.3 Å². The quantitative estimate of drug-likeness (QED) is 0.0229. The Bertz CT molecular complexity index is 2310. The third-order valence-corrected chi connectivity index (χ3v) is 13.8. The molecule has 0 radical (unpaired) electrons. The number of benzene rings is 2. The smallest absolute Gasteiger partial charge is 0.309 e. The summed E-state index contributed by atoms with van der Waals surface area (Å²) in [7, 11) is 1.94. The summed E-state index contributed by atoms with van der Waals surface area (Å²) in [5, 5.41) is 26.8. The van der Waals surface area contributed by atoms with Crippen molar-refractivity contribution in [1.29, 1.82) is 0 Å². The van der Waals surface area contributed by atoms with Crippen molar-refractivity contribution in [3.63, 3.8) is 0 Å². The van der Waals surface area contributed by atoms with Crippen molar-refractivity contribution < 1.29 is 33.8 Å². The Morgan fingerprint density at radius 1 is 1.03 bits per heavy atom. The van der Waals surface area contributed by atoms with Crippen molar-refractivity contribution in [2.75, 3.05) is 25.9 Å². The van der Waals surface area contributed by atoms with Crippen molar-refractivity contribution in [2.24, 2.45) is 11.3 Å². The van der Waals surface area contributed by atoms with Crippen LogP contribution in [0.4, 0.5) is 5.69 Å². The van der Waals surface area contributed by atoms with Gasteiger partial charge in [0.2, 0.25) is 11.8 Å². The highest BCUT2D eigenvalue weighted by Crippen LogP contribution is 2.32. The summed E-state index contributed by atoms with van der Waals surface area (Å²) in [5.41, 5.74) is 8.87. The van der Waals surface area contributed by atoms with E-state index in [1.807, 2.05) is 86.1 Å². The molecule has 3 heterocycles. The summed E-state index contributed by atoms with van der Waals surface area (Å²) in [4.78, 5) is 76.4. The summed E-state index contributed by atoms with van der Waals surface area (Å²) < 4.78 is 7.75. The molecule has 0 saturated carbocycles. The average Bonchev–Trinajstić information content (AvgIpc) is 3.98. The summed E-state index contributed by atoms with van der Waals surface area (Å²) >= 11 is 1.15. The van der Waals surface area contributed by atoms with Crippen LogP contribution in [0.1, 0.15) is 131 Å². The zero-order chi connectivity index (χ0) is 49.5. The zero-order valence-corrected chi connectivity index (χ0v) is 41.6. The second kappa shape index (κ2) is 24.9. The highest BCUT2D eigenvalue weighted by molar-refractivity contribution is 7.09. The average molecular weight is 954 g/mol. The number of nitrogen functional groups attached to an aromatic ring is 1. The molecule has 16 nitrogen and oxygen atoms in total. The Kier molecular flexibility index (Phi) is 19.4. The number of carboxylic acid groups (broad SMARTS) is 1. The number of esters is 1. The van der Waals surface area contributed by atoms with Crippen LogP contribution in [0, 0.1) is 11.3 Å². The molecular weight excluding hydrogens is 883 g/mol. The molecule has 4 aromatic rings. The number of aromatic nitrogens is 4. The van der Waals surface area contributed by atoms with Gasteiger partial charge < -0.3 is 31.1 Å². The van der Waals surface area contributed by atoms with Gasteiger partial charge in [-0.3, -0.25) is 28.9 Å². The molecule has 0 spiro atoms. The number of aryl methyl sites for hydroxylation is 1. The minimum Gasteiger partial charge on any atom is -0.481 e. The first-order valence-electron chi connectivity index (χ1n) is 23.8. The number of rotatable bonds is 25. The molecular formula is C51H71N9O7S. The lowest BCUT2D eigenvalue weighted by Crippen LogP contribution is -2.58. The molecule has 1 fully saturated rings. The molecule has 3 amide bonds. The molecule has 2 aromatic carbocycles. The Morgan fingerprint density at radius 3 is 2.40 bits per heavy atom. The molecule has 1 saturated heterocycles. The van der Waals surface area contributed by atoms with Crippen LogP contribution in [0.5, 0.6) is 0 Å². The maximum atomic E-state index is 15.2. The van der Waals surface area contributed by atoms with E-state index in [-0.39, 0.29) is 42.3 Å². The molecule has 0 unspecified atom stereocenters. The van der Waals surface area contributed by atoms with Gasteiger partial charge in [-0.1, -0.05) is 86.5 Å². The molecule has 17 heteroatoms. The number of thiazole rings is 1. The zero-order valence-electron chi connectivity index (χ0n) is 40.8. The highest BCUT2D eigenvalue weighted by Gasteiger charge is 2.38. The number of likely N-dealkylation sites (tertiary alicyclic amines) is 1. The molecule has 5 N–H and O–H groups in total. The van der Waals surface area contributed by atoms with Crippen LogP contribution in [0.3, 0.4) is 0 Å². The van der Waals surface area contributed by atoms with Crippen LogP contribution in [0.15, 0.2) is 78.3 Å². The van der Waals surface area contributed by atoms with Crippen LogP contribution in [0.25, 0.3) is 0 Å². The van der Waals surface area contributed by atoms with Gasteiger partial charge >= 0.3 is 11.9 Å². The fraction of sp³-hybridized carbons (Fsp3) is 0.529. The SMILES string of the molecule is C=C(C)[C@@H](C[C@@H](OC(C)=O)c1nc(C(=O)N[C@@H](Cc2ccc(N)cc2)CC(C)(C)C(=O)O)cs1)N(CCCCc1cn(Cc2ccccc2)nn1)C(=O)[C@@H](NC(=O)[C@H]1CCCCN1C)[C@@H](C)CC. The number of unbranched alkanes of at least 4 members (excludes halogenated alkanes) is 1. The van der Waals surface area contributed by atoms with E-state index >= 15 is 4.79 Å². The predicted octanol–water partition coefficient (Wildman–Crippen LogP) is 7.01. The number of hydrogen-bond donors (Lipinski definition) is 4. The van der Waals surface area contributed by atoms with Gasteiger partial charge in [0.1, 0.15) is 16.7 Å². The first kappa shape index (κ1) is 53.0. The number of carbonyl (C=O) groups excluding carboxylic acids is 4. The Hall–Kier alpha value is -5.94. The largest absolute Gasteiger partial charge is 0.481 e. The highest BCUT2D eigenvalue weighted by atomic mass is 32.1. The van der Waals surface area contributed by atoms with Crippen LogP contribution in [-0.2, 0) is 43.3 Å². The van der Waals surface area contributed by atoms with Gasteiger partial charge in [0, 0.05) is 43.2 Å². The first-order valence-corrected chi connectivity index (χ1v) is 24.6. The van der Waals surface area contributed by atoms with Crippen molar-refractivity contribution in [3.8, 4) is 0 Å². The number of nitrogens with zero attached hydrogens (tertiary/aromatic N) is 6. The molecule has 68 heavy (non-hydrogen) atoms. The lowest BCUT2D eigenvalue weighted by atomic mass is 9.84. The van der Waals surface area contributed by atoms with Gasteiger partial charge in [-0.25, -0.2) is 9.67 Å². The van der Waals surface area contributed by atoms with Crippen LogP contribution >= 0.6 is 11.3 Å². The van der Waals surface area contributed by atoms with Crippen LogP contribution < -0.4 is 16.4 Å². The maximum Gasteiger partial charge on any atom is 0.309 e. The van der Waals surface area contributed by atoms with Crippen molar-refractivity contribution in [1.82, 2.24) is 40.4 Å². The monoisotopic (exact) mass is 954 g/mol. The number of carboxylic acids is 1. The third-order valence-electron chi connectivity index (χ3n) is 12.8. The second-order valence-electron chi connectivity index (χ2n) is 19.0. The van der Waals surface area contributed by atoms with E-state index in [0.717, 1.165) is 47.5 Å². The molecule has 1 aliphatic rings. The van der Waals surface area contributed by atoms with Gasteiger partial charge in [-0.05, 0) is 108 Å². The van der Waals surface area contributed by atoms with E-state index in [1.165, 1.54) is 6.92 Å². The van der Waals surface area contributed by atoms with Gasteiger partial charge in [-0.15, -0.1) is 16.4 Å². The standard InChI is InChI=1S/C51H71N9O7S/c1-9-34(4)45(55-47(63)42-20-14-15-25-58(42)8)49(64)60(26-16-13-19-39-31-59(57-56-39)30-37-17-11-10-12-18-37)43(33(2)3)28-44(67-35(5)61)48-54-41(32-68-48)46(62)53-40(29-51(6,7)50(65)66)27-36-21-23-38(52)24-22-36/h10-12,17-18,21-24,31-32,34,40,42-45H,2,9,13-16,19-20,25-30,52H2,1,3-8H3,(H,53,62)(H,55,63)(H,65,66)/t34-,40-,42+,43+,44+,45-/m0/s1. The number of ether oxygens (including phenoxy) is 1. The number of nitrogens with one attached hydrogen (secondary N) is 2. The van der Waals surface area contributed by atoms with Crippen LogP contribution in [-0.4, -0.2) is 109 Å². The minimum atomic E-state index is -1.15. The summed E-state index contributed by atoms with van der Waals surface area (Å²) in [6.45, 7) is 16.4. The van der Waals surface area contributed by atoms with Gasteiger partial charge in [0.25, 0.3) is 5.91 Å². The molecule has 368 valence electrons. The Labute approximate surface area is 405 Å². The van der Waals surface area contributed by atoms with Crippen molar-refractivity contribution in [3.05, 3.63) is 106 Å². The maximum absolute atomic E-state index is 15.2. The van der Waals surface area contributed by atoms with Crippen molar-refractivity contribution in [2.45, 2.75) is 143 Å². The van der Waals surface area contributed by atoms with Gasteiger partial charge in [0.05, 0.1) is 29.7 Å². The fourth-order valence-electron chi connectivity index (χ4n) is 8.64. The minimum absolute atomic E-state index is 0.0744. The van der Waals surface area contributed by atoms with E-state index in [1.54, 1.807) is 36.3 Å². The Balaban J connectivity index is 1.40. The molecule has 6 atom stereocenters. The number of nitrogens with two attached hydrogens (primary N) is 1. The number of amides is 3. The molecule has 0 aliphatic carbocycles. The molecule has 2 aromatic heterocycles. The lowest BCUT2D eigenvalue weighted by molar-refractivity contribution is -0.149. The van der Waals surface area contributed by atoms with Crippen molar-refractivity contribution >= 4 is 46.7 Å². The normalized spacial score (nSPS) is 16.4. The summed E-state index contributed by atoms with van der Waals surface area (Å²) in [6, 6.07) is 14.8. The summed E-state index contributed by atoms with van der Waals surface area (Å²) in [6.07, 6.45) is 6.72. The predicted molar refractivity (Wildman–Crippen MR) is 264 cm³/mol. The number of aliphatic carboxylic acids is 1. The molecule has 0 bridgehead atoms. The Morgan fingerprint density at radius 2 is 1.75 bits per heavy atom. The lowest BCUT2D eigenvalue weighted by Gasteiger charge is -2.39. The first-order chi connectivity index (χ1) is 32.3. The number of anilines is 1. The topological polar surface area (TPSA) is 215 Å². The molecule has 1 aliphatic heterocycles. The number of carbonyl (C=O) groups is 5. The number of likely N-dealkylation sites (N-methyl/N-ethyl adjacent to an activating group) is 1. The van der Waals surface area contributed by atoms with E-state index in [4.69, 9.17) is 10.5 Å². The summed E-state index contributed by atoms with van der Waals surface area (Å²) in [5.74, 6) is -2.72. The second-order valence-corrected chi connectivity index (χ2v) is 19.9. The van der Waals surface area contributed by atoms with E-state index in [2.05, 4.69) is 32.5 Å². The fourth-order valence-corrected chi connectivity index (χ4v) is 9.48. The van der Waals surface area contributed by atoms with E-state index in [0.29, 0.717) is 67.9 Å². The van der Waals surface area contributed by atoms with Crippen LogP contribution in [0.2, 0.25) is 0 Å². The van der Waals surface area contributed by atoms with Gasteiger partial charge in [-0.2, -0.15) is 0 Å². The molecule has 5 rings (SSSR count). The van der Waals surface area contributed by atoms with E-state index < -0.39 is 47.5 Å².